The second-order valence-electron chi connectivity index (χ2n) is 5.27. The van der Waals surface area contributed by atoms with E-state index in [-0.39, 0.29) is 23.6 Å². The zero-order valence-corrected chi connectivity index (χ0v) is 12.1. The quantitative estimate of drug-likeness (QED) is 0.796. The van der Waals surface area contributed by atoms with E-state index in [1.165, 1.54) is 5.56 Å². The van der Waals surface area contributed by atoms with Gasteiger partial charge in [-0.25, -0.2) is 4.79 Å². The number of nitrogens with zero attached hydrogens (tertiary/aromatic N) is 1. The third-order valence-corrected chi connectivity index (χ3v) is 3.86. The first-order valence-corrected chi connectivity index (χ1v) is 7.13. The van der Waals surface area contributed by atoms with Crippen molar-refractivity contribution in [3.05, 3.63) is 57.9 Å². The summed E-state index contributed by atoms with van der Waals surface area (Å²) >= 11 is 0. The van der Waals surface area contributed by atoms with Crippen LogP contribution < -0.4 is 5.43 Å². The van der Waals surface area contributed by atoms with Crippen molar-refractivity contribution >= 4 is 5.97 Å². The van der Waals surface area contributed by atoms with E-state index >= 15 is 0 Å². The van der Waals surface area contributed by atoms with Crippen molar-refractivity contribution in [1.29, 1.82) is 0 Å². The molecule has 0 spiro atoms. The number of benzene rings is 1. The van der Waals surface area contributed by atoms with Crippen LogP contribution in [0.4, 0.5) is 0 Å². The highest BCUT2D eigenvalue weighted by atomic mass is 16.5. The fourth-order valence-electron chi connectivity index (χ4n) is 2.86. The molecule has 2 aromatic rings. The highest BCUT2D eigenvalue weighted by Gasteiger charge is 2.23. The molecule has 0 saturated heterocycles. The maximum absolute atomic E-state index is 12.2. The van der Waals surface area contributed by atoms with Gasteiger partial charge >= 0.3 is 5.97 Å². The monoisotopic (exact) mass is 283 g/mol. The van der Waals surface area contributed by atoms with Gasteiger partial charge < -0.3 is 9.30 Å². The lowest BCUT2D eigenvalue weighted by Gasteiger charge is -2.28. The predicted molar refractivity (Wildman–Crippen MR) is 80.5 cm³/mol. The van der Waals surface area contributed by atoms with Gasteiger partial charge in [-0.1, -0.05) is 24.3 Å². The summed E-state index contributed by atoms with van der Waals surface area (Å²) in [4.78, 5) is 24.1. The molecule has 0 radical (unpaired) electrons. The number of carbonyl (C=O) groups is 1. The fraction of sp³-hybridized carbons (Fsp3) is 0.294. The van der Waals surface area contributed by atoms with Crippen LogP contribution in [0.5, 0.6) is 0 Å². The molecule has 0 saturated carbocycles. The summed E-state index contributed by atoms with van der Waals surface area (Å²) in [6, 6.07) is 9.80. The van der Waals surface area contributed by atoms with E-state index in [1.807, 2.05) is 22.8 Å². The molecule has 0 unspecified atom stereocenters. The van der Waals surface area contributed by atoms with Gasteiger partial charge in [0.1, 0.15) is 5.56 Å². The van der Waals surface area contributed by atoms with Crippen molar-refractivity contribution in [3.8, 4) is 11.3 Å². The Morgan fingerprint density at radius 2 is 2.14 bits per heavy atom. The Kier molecular flexibility index (Phi) is 3.37. The average molecular weight is 283 g/mol. The van der Waals surface area contributed by atoms with Crippen LogP contribution >= 0.6 is 0 Å². The van der Waals surface area contributed by atoms with Crippen LogP contribution in [-0.2, 0) is 11.2 Å². The van der Waals surface area contributed by atoms with Crippen LogP contribution in [0, 0.1) is 0 Å². The Bertz CT molecular complexity index is 761. The summed E-state index contributed by atoms with van der Waals surface area (Å²) in [5, 5.41) is 0. The molecule has 0 fully saturated rings. The first-order chi connectivity index (χ1) is 10.1. The normalized spacial score (nSPS) is 16.0. The largest absolute Gasteiger partial charge is 0.462 e. The molecule has 4 heteroatoms. The van der Waals surface area contributed by atoms with Crippen LogP contribution in [-0.4, -0.2) is 17.1 Å². The Morgan fingerprint density at radius 1 is 1.38 bits per heavy atom. The maximum atomic E-state index is 12.2. The van der Waals surface area contributed by atoms with Crippen molar-refractivity contribution in [2.75, 3.05) is 6.61 Å². The van der Waals surface area contributed by atoms with Crippen molar-refractivity contribution in [1.82, 2.24) is 4.57 Å². The summed E-state index contributed by atoms with van der Waals surface area (Å²) in [7, 11) is 0. The lowest BCUT2D eigenvalue weighted by atomic mass is 9.93. The molecule has 21 heavy (non-hydrogen) atoms. The van der Waals surface area contributed by atoms with Crippen LogP contribution in [0.1, 0.15) is 35.8 Å². The second kappa shape index (κ2) is 5.20. The lowest BCUT2D eigenvalue weighted by molar-refractivity contribution is 0.0523. The van der Waals surface area contributed by atoms with Crippen molar-refractivity contribution in [2.24, 2.45) is 0 Å². The maximum Gasteiger partial charge on any atom is 0.343 e. The number of carbonyl (C=O) groups excluding carboxylic acids is 1. The molecular weight excluding hydrogens is 266 g/mol. The van der Waals surface area contributed by atoms with E-state index in [2.05, 4.69) is 13.0 Å². The Morgan fingerprint density at radius 3 is 2.90 bits per heavy atom. The molecular formula is C17H17NO3. The van der Waals surface area contributed by atoms with Gasteiger partial charge in [-0.2, -0.15) is 0 Å². The van der Waals surface area contributed by atoms with Crippen LogP contribution in [0.25, 0.3) is 11.3 Å². The zero-order chi connectivity index (χ0) is 15.0. The summed E-state index contributed by atoms with van der Waals surface area (Å²) in [6.07, 6.45) is 2.52. The van der Waals surface area contributed by atoms with Gasteiger partial charge in [0.15, 0.2) is 5.43 Å². The van der Waals surface area contributed by atoms with E-state index in [9.17, 15) is 9.59 Å². The van der Waals surface area contributed by atoms with Crippen molar-refractivity contribution in [3.63, 3.8) is 0 Å². The number of ether oxygens (including phenoxy) is 1. The molecule has 0 aliphatic carbocycles. The molecule has 0 N–H and O–H groups in total. The molecule has 0 bridgehead atoms. The number of esters is 1. The summed E-state index contributed by atoms with van der Waals surface area (Å²) in [5.41, 5.74) is 2.97. The molecule has 1 aromatic heterocycles. The molecule has 3 rings (SSSR count). The Hall–Kier alpha value is -2.36. The Labute approximate surface area is 123 Å². The SMILES string of the molecule is CCOC(=O)c1cn2c(cc1=O)-c1ccccc1C[C@@H]2C. The van der Waals surface area contributed by atoms with E-state index in [4.69, 9.17) is 4.74 Å². The molecule has 2 heterocycles. The van der Waals surface area contributed by atoms with Crippen LogP contribution in [0.3, 0.4) is 0 Å². The minimum absolute atomic E-state index is 0.104. The number of pyridine rings is 1. The molecule has 1 aliphatic rings. The third-order valence-electron chi connectivity index (χ3n) is 3.86. The highest BCUT2D eigenvalue weighted by Crippen LogP contribution is 2.33. The van der Waals surface area contributed by atoms with Gasteiger partial charge in [0.2, 0.25) is 0 Å². The highest BCUT2D eigenvalue weighted by molar-refractivity contribution is 5.89. The molecule has 4 nitrogen and oxygen atoms in total. The van der Waals surface area contributed by atoms with Gasteiger partial charge in [-0.05, 0) is 25.8 Å². The van der Waals surface area contributed by atoms with Crippen LogP contribution in [0.2, 0.25) is 0 Å². The van der Waals surface area contributed by atoms with Gasteiger partial charge in [0.05, 0.1) is 12.3 Å². The standard InChI is InChI=1S/C17H17NO3/c1-3-21-17(20)14-10-18-11(2)8-12-6-4-5-7-13(12)15(18)9-16(14)19/h4-7,9-11H,3,8H2,1-2H3/t11-/m0/s1. The zero-order valence-electron chi connectivity index (χ0n) is 12.1. The molecule has 1 aromatic carbocycles. The molecule has 108 valence electrons. The third kappa shape index (κ3) is 2.27. The fourth-order valence-corrected chi connectivity index (χ4v) is 2.86. The topological polar surface area (TPSA) is 48.3 Å². The first-order valence-electron chi connectivity index (χ1n) is 7.13. The summed E-state index contributed by atoms with van der Waals surface area (Å²) < 4.78 is 6.95. The lowest BCUT2D eigenvalue weighted by Crippen LogP contribution is -2.25. The minimum Gasteiger partial charge on any atom is -0.462 e. The van der Waals surface area contributed by atoms with Gasteiger partial charge in [-0.3, -0.25) is 4.79 Å². The molecule has 1 aliphatic heterocycles. The number of fused-ring (bicyclic) bond motifs is 3. The van der Waals surface area contributed by atoms with Gasteiger partial charge in [0.25, 0.3) is 0 Å². The number of aromatic nitrogens is 1. The van der Waals surface area contributed by atoms with Gasteiger partial charge in [-0.15, -0.1) is 0 Å². The van der Waals surface area contributed by atoms with Gasteiger partial charge in [0, 0.05) is 23.9 Å². The number of hydrogen-bond acceptors (Lipinski definition) is 3. The second-order valence-corrected chi connectivity index (χ2v) is 5.27. The average Bonchev–Trinajstić information content (AvgIpc) is 2.47. The van der Waals surface area contributed by atoms with Crippen molar-refractivity contribution < 1.29 is 9.53 Å². The molecule has 1 atom stereocenters. The van der Waals surface area contributed by atoms with E-state index in [0.29, 0.717) is 0 Å². The Balaban J connectivity index is 2.18. The van der Waals surface area contributed by atoms with E-state index in [0.717, 1.165) is 17.7 Å². The first kappa shape index (κ1) is 13.6. The minimum atomic E-state index is -0.552. The van der Waals surface area contributed by atoms with Crippen LogP contribution in [0.15, 0.2) is 41.3 Å². The summed E-state index contributed by atoms with van der Waals surface area (Å²) in [5.74, 6) is -0.552. The van der Waals surface area contributed by atoms with E-state index in [1.54, 1.807) is 19.2 Å². The smallest absolute Gasteiger partial charge is 0.343 e. The number of hydrogen-bond donors (Lipinski definition) is 0. The van der Waals surface area contributed by atoms with E-state index < -0.39 is 5.97 Å². The number of rotatable bonds is 2. The predicted octanol–water partition coefficient (Wildman–Crippen LogP) is 2.81. The molecule has 0 amide bonds. The summed E-state index contributed by atoms with van der Waals surface area (Å²) in [6.45, 7) is 4.07. The van der Waals surface area contributed by atoms with Crippen molar-refractivity contribution in [2.45, 2.75) is 26.3 Å².